The Bertz CT molecular complexity index is 3260. The number of nitrogens with zero attached hydrogens (tertiary/aromatic N) is 5. The summed E-state index contributed by atoms with van der Waals surface area (Å²) in [7, 11) is 0. The Balaban J connectivity index is 1.30. The van der Waals surface area contributed by atoms with Crippen LogP contribution in [0.2, 0.25) is 0 Å². The molecule has 3 aromatic heterocycles. The lowest BCUT2D eigenvalue weighted by Gasteiger charge is -2.19. The van der Waals surface area contributed by atoms with Gasteiger partial charge in [0.2, 0.25) is 0 Å². The van der Waals surface area contributed by atoms with Crippen LogP contribution in [0.15, 0.2) is 146 Å². The molecule has 0 saturated carbocycles. The number of fused-ring (bicyclic) bond motifs is 11. The van der Waals surface area contributed by atoms with Gasteiger partial charge in [-0.3, -0.25) is 0 Å². The van der Waals surface area contributed by atoms with Gasteiger partial charge in [-0.15, -0.1) is 0 Å². The van der Waals surface area contributed by atoms with Gasteiger partial charge in [0.05, 0.1) is 51.1 Å². The maximum absolute atomic E-state index is 10.8. The van der Waals surface area contributed by atoms with E-state index in [-0.39, 0.29) is 0 Å². The van der Waals surface area contributed by atoms with Gasteiger partial charge in [0.1, 0.15) is 6.07 Å². The van der Waals surface area contributed by atoms with E-state index in [1.165, 1.54) is 22.2 Å². The second kappa shape index (κ2) is 11.1. The molecule has 0 saturated heterocycles. The molecule has 0 N–H and O–H groups in total. The largest absolute Gasteiger partial charge is 0.313 e. The van der Waals surface area contributed by atoms with E-state index >= 15 is 0 Å². The molecule has 0 aliphatic heterocycles. The van der Waals surface area contributed by atoms with Crippen LogP contribution >= 0.6 is 0 Å². The smallest absolute Gasteiger partial charge is 0.190 e. The predicted molar refractivity (Wildman–Crippen MR) is 218 cm³/mol. The summed E-state index contributed by atoms with van der Waals surface area (Å²) in [6, 6.07) is 51.4. The third-order valence-electron chi connectivity index (χ3n) is 11.1. The first kappa shape index (κ1) is 29.4. The van der Waals surface area contributed by atoms with Crippen LogP contribution in [0, 0.1) is 17.9 Å². The van der Waals surface area contributed by atoms with Crippen LogP contribution in [-0.2, 0) is 6.42 Å². The van der Waals surface area contributed by atoms with Crippen LogP contribution in [0.3, 0.4) is 0 Å². The van der Waals surface area contributed by atoms with Crippen molar-refractivity contribution in [3.05, 3.63) is 174 Å². The average Bonchev–Trinajstić information content (AvgIpc) is 3.86. The van der Waals surface area contributed by atoms with E-state index in [1.54, 1.807) is 6.07 Å². The maximum atomic E-state index is 10.8. The van der Waals surface area contributed by atoms with Gasteiger partial charge in [0, 0.05) is 43.9 Å². The van der Waals surface area contributed by atoms with Crippen molar-refractivity contribution in [1.29, 1.82) is 5.26 Å². The van der Waals surface area contributed by atoms with Gasteiger partial charge in [0.15, 0.2) is 5.69 Å². The lowest BCUT2D eigenvalue weighted by Crippen LogP contribution is -2.06. The second-order valence-corrected chi connectivity index (χ2v) is 13.8. The quantitative estimate of drug-likeness (QED) is 0.172. The molecule has 53 heavy (non-hydrogen) atoms. The molecule has 0 fully saturated rings. The molecule has 1 aliphatic rings. The number of aromatic nitrogens is 3. The Kier molecular flexibility index (Phi) is 6.14. The highest BCUT2D eigenvalue weighted by atomic mass is 15.1. The molecule has 10 aromatic rings. The number of benzene rings is 7. The third kappa shape index (κ3) is 4.05. The summed E-state index contributed by atoms with van der Waals surface area (Å²) in [5, 5.41) is 18.9. The summed E-state index contributed by atoms with van der Waals surface area (Å²) in [5.74, 6) is 0. The first-order valence-electron chi connectivity index (χ1n) is 17.9. The Hall–Kier alpha value is -7.34. The molecule has 1 aliphatic carbocycles. The minimum absolute atomic E-state index is 0.423. The van der Waals surface area contributed by atoms with Crippen molar-refractivity contribution in [2.24, 2.45) is 0 Å². The van der Waals surface area contributed by atoms with Crippen LogP contribution in [0.25, 0.3) is 93.3 Å². The predicted octanol–water partition coefficient (Wildman–Crippen LogP) is 12.4. The van der Waals surface area contributed by atoms with E-state index in [2.05, 4.69) is 152 Å². The third-order valence-corrected chi connectivity index (χ3v) is 11.1. The van der Waals surface area contributed by atoms with E-state index < -0.39 is 0 Å². The standard InChI is InChI=1S/C48H29N5/c1-50-32-26-31(29-49)48(53-42-20-10-6-16-37(42)38-17-7-11-21-43(38)53)46(27-32)52-44-25-23-33(28-39(44)47-34-13-3-2-12-30(34)22-24-45(47)52)51-40-18-8-4-14-35(40)36-15-5-9-19-41(36)51/h2-8,10-18,20-28H,9,19H2. The first-order valence-corrected chi connectivity index (χ1v) is 17.9. The molecule has 3 heterocycles. The number of para-hydroxylation sites is 3. The van der Waals surface area contributed by atoms with Gasteiger partial charge in [0.25, 0.3) is 0 Å². The summed E-state index contributed by atoms with van der Waals surface area (Å²) in [5.41, 5.74) is 11.4. The van der Waals surface area contributed by atoms with Crippen molar-refractivity contribution in [1.82, 2.24) is 13.7 Å². The summed E-state index contributed by atoms with van der Waals surface area (Å²) >= 11 is 0. The molecular formula is C48H29N5. The van der Waals surface area contributed by atoms with Crippen molar-refractivity contribution in [3.63, 3.8) is 0 Å². The van der Waals surface area contributed by atoms with Gasteiger partial charge in [-0.2, -0.15) is 5.26 Å². The second-order valence-electron chi connectivity index (χ2n) is 13.8. The Morgan fingerprint density at radius 3 is 1.96 bits per heavy atom. The lowest BCUT2D eigenvalue weighted by atomic mass is 10.0. The topological polar surface area (TPSA) is 42.9 Å². The molecule has 0 bridgehead atoms. The number of nitriles is 1. The van der Waals surface area contributed by atoms with Gasteiger partial charge >= 0.3 is 0 Å². The molecule has 11 rings (SSSR count). The molecule has 5 nitrogen and oxygen atoms in total. The van der Waals surface area contributed by atoms with Crippen LogP contribution in [0.1, 0.15) is 23.2 Å². The molecule has 0 atom stereocenters. The van der Waals surface area contributed by atoms with Crippen molar-refractivity contribution in [2.75, 3.05) is 0 Å². The monoisotopic (exact) mass is 675 g/mol. The van der Waals surface area contributed by atoms with E-state index in [0.29, 0.717) is 11.3 Å². The van der Waals surface area contributed by atoms with Gasteiger partial charge in [-0.25, -0.2) is 4.85 Å². The Morgan fingerprint density at radius 1 is 0.585 bits per heavy atom. The van der Waals surface area contributed by atoms with E-state index in [1.807, 2.05) is 18.2 Å². The molecule has 0 amide bonds. The highest BCUT2D eigenvalue weighted by Gasteiger charge is 2.25. The van der Waals surface area contributed by atoms with Crippen LogP contribution in [-0.4, -0.2) is 13.7 Å². The molecule has 0 unspecified atom stereocenters. The van der Waals surface area contributed by atoms with E-state index in [0.717, 1.165) is 84.3 Å². The van der Waals surface area contributed by atoms with Crippen molar-refractivity contribution < 1.29 is 0 Å². The zero-order valence-electron chi connectivity index (χ0n) is 28.6. The first-order chi connectivity index (χ1) is 26.2. The van der Waals surface area contributed by atoms with E-state index in [4.69, 9.17) is 6.57 Å². The number of allylic oxidation sites excluding steroid dienone is 1. The highest BCUT2D eigenvalue weighted by molar-refractivity contribution is 6.22. The number of rotatable bonds is 3. The normalized spacial score (nSPS) is 12.6. The fourth-order valence-corrected chi connectivity index (χ4v) is 8.97. The molecular weight excluding hydrogens is 647 g/mol. The summed E-state index contributed by atoms with van der Waals surface area (Å²) in [4.78, 5) is 3.89. The Labute approximate surface area is 304 Å². The van der Waals surface area contributed by atoms with Crippen molar-refractivity contribution in [3.8, 4) is 23.1 Å². The molecule has 246 valence electrons. The maximum Gasteiger partial charge on any atom is 0.190 e. The number of hydrogen-bond donors (Lipinski definition) is 0. The molecule has 0 spiro atoms. The van der Waals surface area contributed by atoms with Gasteiger partial charge in [-0.1, -0.05) is 97.1 Å². The molecule has 7 aromatic carbocycles. The minimum atomic E-state index is 0.423. The molecule has 5 heteroatoms. The van der Waals surface area contributed by atoms with E-state index in [9.17, 15) is 5.26 Å². The zero-order valence-corrected chi connectivity index (χ0v) is 28.6. The van der Waals surface area contributed by atoms with Crippen LogP contribution < -0.4 is 0 Å². The fourth-order valence-electron chi connectivity index (χ4n) is 8.97. The highest BCUT2D eigenvalue weighted by Crippen LogP contribution is 2.44. The van der Waals surface area contributed by atoms with Crippen LogP contribution in [0.4, 0.5) is 5.69 Å². The SMILES string of the molecule is [C-]#[N+]c1cc(C#N)c(-n2c3ccccc3c3ccccc32)c(-n2c3ccc(-n4c5c(c6ccccc64)C=CCC5)cc3c3c4ccccc4ccc32)c1. The summed E-state index contributed by atoms with van der Waals surface area (Å²) in [6.45, 7) is 8.12. The van der Waals surface area contributed by atoms with Gasteiger partial charge in [-0.05, 0) is 78.2 Å². The molecule has 0 radical (unpaired) electrons. The van der Waals surface area contributed by atoms with Gasteiger partial charge < -0.3 is 13.7 Å². The zero-order chi connectivity index (χ0) is 35.2. The average molecular weight is 676 g/mol. The van der Waals surface area contributed by atoms with Crippen molar-refractivity contribution in [2.45, 2.75) is 12.8 Å². The lowest BCUT2D eigenvalue weighted by molar-refractivity contribution is 0.889. The van der Waals surface area contributed by atoms with Crippen molar-refractivity contribution >= 4 is 77.1 Å². The Morgan fingerprint density at radius 2 is 1.23 bits per heavy atom. The number of hydrogen-bond acceptors (Lipinski definition) is 1. The van der Waals surface area contributed by atoms with Crippen LogP contribution in [0.5, 0.6) is 0 Å². The minimum Gasteiger partial charge on any atom is -0.313 e. The fraction of sp³-hybridized carbons (Fsp3) is 0.0417. The summed E-state index contributed by atoms with van der Waals surface area (Å²) in [6.07, 6.45) is 6.55. The summed E-state index contributed by atoms with van der Waals surface area (Å²) < 4.78 is 6.94.